The average Bonchev–Trinajstić information content (AvgIpc) is 2.75. The van der Waals surface area contributed by atoms with Crippen LogP contribution in [0.15, 0.2) is 34.9 Å². The van der Waals surface area contributed by atoms with Gasteiger partial charge in [-0.25, -0.2) is 4.98 Å². The van der Waals surface area contributed by atoms with Gasteiger partial charge in [-0.1, -0.05) is 23.7 Å². The molecule has 94 valence electrons. The zero-order chi connectivity index (χ0) is 13.0. The zero-order valence-corrected chi connectivity index (χ0v) is 10.1. The number of para-hydroxylation sites is 1. The van der Waals surface area contributed by atoms with Crippen LogP contribution in [0.5, 0.6) is 5.75 Å². The Hall–Kier alpha value is -2.01. The van der Waals surface area contributed by atoms with Gasteiger partial charge in [-0.05, 0) is 12.1 Å². The Bertz CT molecular complexity index is 553. The van der Waals surface area contributed by atoms with E-state index in [0.717, 1.165) is 0 Å². The maximum absolute atomic E-state index is 10.5. The molecule has 6 heteroatoms. The Morgan fingerprint density at radius 1 is 1.44 bits per heavy atom. The largest absolute Gasteiger partial charge is 0.482 e. The Morgan fingerprint density at radius 2 is 2.22 bits per heavy atom. The fourth-order valence-corrected chi connectivity index (χ4v) is 1.54. The number of carboxylic acids is 1. The topological polar surface area (TPSA) is 72.6 Å². The van der Waals surface area contributed by atoms with Crippen molar-refractivity contribution in [3.63, 3.8) is 0 Å². The standard InChI is InChI=1S/C12H10ClNO4/c13-9-3-1-2-4-10(9)17-7-11-14-6-8(18-11)5-12(15)16/h1-4,6H,5,7H2,(H,15,16). The number of benzene rings is 1. The molecule has 5 nitrogen and oxygen atoms in total. The van der Waals surface area contributed by atoms with Gasteiger partial charge in [0.25, 0.3) is 0 Å². The second kappa shape index (κ2) is 5.55. The summed E-state index contributed by atoms with van der Waals surface area (Å²) in [5.41, 5.74) is 0. The number of carboxylic acid groups (broad SMARTS) is 1. The monoisotopic (exact) mass is 267 g/mol. The van der Waals surface area contributed by atoms with Crippen molar-refractivity contribution in [1.29, 1.82) is 0 Å². The van der Waals surface area contributed by atoms with E-state index in [9.17, 15) is 4.79 Å². The minimum Gasteiger partial charge on any atom is -0.482 e. The summed E-state index contributed by atoms with van der Waals surface area (Å²) >= 11 is 5.91. The summed E-state index contributed by atoms with van der Waals surface area (Å²) in [6.07, 6.45) is 1.18. The first-order valence-corrected chi connectivity index (χ1v) is 5.55. The maximum Gasteiger partial charge on any atom is 0.311 e. The Kier molecular flexibility index (Phi) is 3.84. The van der Waals surface area contributed by atoms with Gasteiger partial charge in [-0.2, -0.15) is 0 Å². The first-order chi connectivity index (χ1) is 8.65. The fourth-order valence-electron chi connectivity index (χ4n) is 1.35. The summed E-state index contributed by atoms with van der Waals surface area (Å²) < 4.78 is 10.6. The summed E-state index contributed by atoms with van der Waals surface area (Å²) in [6.45, 7) is 0.101. The van der Waals surface area contributed by atoms with Gasteiger partial charge in [0.1, 0.15) is 17.9 Å². The van der Waals surface area contributed by atoms with Crippen LogP contribution in [0, 0.1) is 0 Å². The van der Waals surface area contributed by atoms with Crippen molar-refractivity contribution in [3.05, 3.63) is 47.1 Å². The van der Waals surface area contributed by atoms with Crippen LogP contribution < -0.4 is 4.74 Å². The SMILES string of the molecule is O=C(O)Cc1cnc(COc2ccccc2Cl)o1. The molecule has 0 spiro atoms. The molecule has 0 atom stereocenters. The summed E-state index contributed by atoms with van der Waals surface area (Å²) in [5, 5.41) is 9.08. The van der Waals surface area contributed by atoms with Gasteiger partial charge in [0.05, 0.1) is 11.2 Å². The second-order valence-corrected chi connectivity index (χ2v) is 3.92. The molecule has 0 radical (unpaired) electrons. The highest BCUT2D eigenvalue weighted by Gasteiger charge is 2.09. The fraction of sp³-hybridized carbons (Fsp3) is 0.167. The minimum atomic E-state index is -0.968. The molecule has 1 N–H and O–H groups in total. The van der Waals surface area contributed by atoms with Gasteiger partial charge < -0.3 is 14.3 Å². The van der Waals surface area contributed by atoms with Crippen molar-refractivity contribution >= 4 is 17.6 Å². The van der Waals surface area contributed by atoms with Crippen LogP contribution in [0.25, 0.3) is 0 Å². The van der Waals surface area contributed by atoms with Crippen molar-refractivity contribution < 1.29 is 19.1 Å². The molecule has 0 saturated carbocycles. The van der Waals surface area contributed by atoms with Gasteiger partial charge in [-0.3, -0.25) is 4.79 Å². The third kappa shape index (κ3) is 3.24. The predicted octanol–water partition coefficient (Wildman–Crippen LogP) is 2.53. The molecule has 0 fully saturated rings. The molecule has 1 aromatic carbocycles. The number of carbonyl (C=O) groups is 1. The number of rotatable bonds is 5. The molecule has 0 amide bonds. The number of hydrogen-bond donors (Lipinski definition) is 1. The lowest BCUT2D eigenvalue weighted by Crippen LogP contribution is -1.98. The number of ether oxygens (including phenoxy) is 1. The van der Waals surface area contributed by atoms with Crippen LogP contribution in [-0.2, 0) is 17.8 Å². The molecule has 1 heterocycles. The summed E-state index contributed by atoms with van der Waals surface area (Å²) in [5.74, 6) is 0.160. The summed E-state index contributed by atoms with van der Waals surface area (Å²) in [7, 11) is 0. The van der Waals surface area contributed by atoms with Gasteiger partial charge in [0.15, 0.2) is 6.61 Å². The highest BCUT2D eigenvalue weighted by atomic mass is 35.5. The van der Waals surface area contributed by atoms with Crippen molar-refractivity contribution in [2.24, 2.45) is 0 Å². The highest BCUT2D eigenvalue weighted by Crippen LogP contribution is 2.23. The van der Waals surface area contributed by atoms with Crippen molar-refractivity contribution in [3.8, 4) is 5.75 Å². The maximum atomic E-state index is 10.5. The average molecular weight is 268 g/mol. The Labute approximate surface area is 108 Å². The van der Waals surface area contributed by atoms with E-state index in [-0.39, 0.29) is 13.0 Å². The lowest BCUT2D eigenvalue weighted by Gasteiger charge is -2.04. The number of aliphatic carboxylic acids is 1. The van der Waals surface area contributed by atoms with Crippen molar-refractivity contribution in [2.75, 3.05) is 0 Å². The third-order valence-electron chi connectivity index (χ3n) is 2.11. The molecule has 0 aliphatic carbocycles. The predicted molar refractivity (Wildman–Crippen MR) is 63.6 cm³/mol. The molecular formula is C12H10ClNO4. The van der Waals surface area contributed by atoms with E-state index in [4.69, 9.17) is 25.9 Å². The summed E-state index contributed by atoms with van der Waals surface area (Å²) in [4.78, 5) is 14.4. The smallest absolute Gasteiger partial charge is 0.311 e. The number of halogens is 1. The summed E-state index contributed by atoms with van der Waals surface area (Å²) in [6, 6.07) is 7.03. The highest BCUT2D eigenvalue weighted by molar-refractivity contribution is 6.32. The molecule has 18 heavy (non-hydrogen) atoms. The normalized spacial score (nSPS) is 10.3. The molecular weight excluding hydrogens is 258 g/mol. The lowest BCUT2D eigenvalue weighted by molar-refractivity contribution is -0.136. The van der Waals surface area contributed by atoms with E-state index in [1.165, 1.54) is 6.20 Å². The molecule has 0 saturated heterocycles. The van der Waals surface area contributed by atoms with Gasteiger partial charge in [0, 0.05) is 0 Å². The van der Waals surface area contributed by atoms with Crippen molar-refractivity contribution in [1.82, 2.24) is 4.98 Å². The Balaban J connectivity index is 1.96. The molecule has 0 unspecified atom stereocenters. The van der Waals surface area contributed by atoms with E-state index in [1.54, 1.807) is 24.3 Å². The van der Waals surface area contributed by atoms with Crippen LogP contribution in [0.4, 0.5) is 0 Å². The lowest BCUT2D eigenvalue weighted by atomic mass is 10.3. The van der Waals surface area contributed by atoms with Crippen LogP contribution in [0.1, 0.15) is 11.7 Å². The van der Waals surface area contributed by atoms with Crippen LogP contribution in [0.3, 0.4) is 0 Å². The van der Waals surface area contributed by atoms with Crippen LogP contribution in [0.2, 0.25) is 5.02 Å². The molecule has 0 bridgehead atoms. The molecule has 0 aliphatic rings. The van der Waals surface area contributed by atoms with Gasteiger partial charge in [0.2, 0.25) is 5.89 Å². The van der Waals surface area contributed by atoms with E-state index < -0.39 is 5.97 Å². The van der Waals surface area contributed by atoms with Gasteiger partial charge >= 0.3 is 5.97 Å². The Morgan fingerprint density at radius 3 is 2.94 bits per heavy atom. The number of aromatic nitrogens is 1. The van der Waals surface area contributed by atoms with Crippen molar-refractivity contribution in [2.45, 2.75) is 13.0 Å². The first-order valence-electron chi connectivity index (χ1n) is 5.18. The van der Waals surface area contributed by atoms with E-state index in [0.29, 0.717) is 22.4 Å². The molecule has 1 aromatic heterocycles. The number of hydrogen-bond acceptors (Lipinski definition) is 4. The molecule has 2 rings (SSSR count). The third-order valence-corrected chi connectivity index (χ3v) is 2.43. The number of nitrogens with zero attached hydrogens (tertiary/aromatic N) is 1. The van der Waals surface area contributed by atoms with E-state index >= 15 is 0 Å². The molecule has 0 aliphatic heterocycles. The first kappa shape index (κ1) is 12.4. The van der Waals surface area contributed by atoms with Crippen LogP contribution in [-0.4, -0.2) is 16.1 Å². The van der Waals surface area contributed by atoms with Gasteiger partial charge in [-0.15, -0.1) is 0 Å². The quantitative estimate of drug-likeness (QED) is 0.901. The second-order valence-electron chi connectivity index (χ2n) is 3.51. The number of oxazole rings is 1. The minimum absolute atomic E-state index is 0.101. The van der Waals surface area contributed by atoms with Crippen LogP contribution >= 0.6 is 11.6 Å². The zero-order valence-electron chi connectivity index (χ0n) is 9.30. The molecule has 2 aromatic rings. The van der Waals surface area contributed by atoms with E-state index in [2.05, 4.69) is 4.98 Å². The van der Waals surface area contributed by atoms with E-state index in [1.807, 2.05) is 0 Å².